The van der Waals surface area contributed by atoms with Crippen molar-refractivity contribution in [3.05, 3.63) is 47.8 Å². The van der Waals surface area contributed by atoms with Crippen molar-refractivity contribution in [1.82, 2.24) is 4.57 Å². The van der Waals surface area contributed by atoms with Crippen LogP contribution < -0.4 is 0 Å². The number of rotatable bonds is 21. The zero-order valence-electron chi connectivity index (χ0n) is 23.0. The molecule has 0 aromatic carbocycles. The van der Waals surface area contributed by atoms with Crippen LogP contribution in [0.4, 0.5) is 0 Å². The Morgan fingerprint density at radius 2 is 1.59 bits per heavy atom. The number of aromatic nitrogens is 1. The summed E-state index contributed by atoms with van der Waals surface area (Å²) in [6.07, 6.45) is 13.1. The minimum atomic E-state index is -4.34. The van der Waals surface area contributed by atoms with Crippen LogP contribution in [-0.4, -0.2) is 51.0 Å². The predicted molar refractivity (Wildman–Crippen MR) is 147 cm³/mol. The summed E-state index contributed by atoms with van der Waals surface area (Å²) in [5.74, 6) is 0.560. The van der Waals surface area contributed by atoms with Crippen molar-refractivity contribution < 1.29 is 43.3 Å². The normalized spacial score (nSPS) is 19.5. The number of allylic oxidation sites excluding steroid dienone is 1. The molecule has 3 rings (SSSR count). The Balaban J connectivity index is 1.31. The SMILES string of the molecule is C=C(C)C(=C)OCCCn1c(O)c2c(c1O)C1(COCCCCCCCCCCCOP(=O)(O)O)C=CC2O1. The Hall–Kier alpha value is -2.07. The van der Waals surface area contributed by atoms with Crippen molar-refractivity contribution in [2.75, 3.05) is 26.4 Å². The van der Waals surface area contributed by atoms with Crippen LogP contribution in [0.5, 0.6) is 11.8 Å². The van der Waals surface area contributed by atoms with Gasteiger partial charge in [0, 0.05) is 13.2 Å². The molecular weight excluding hydrogens is 525 g/mol. The Labute approximate surface area is 231 Å². The number of nitrogens with zero attached hydrogens (tertiary/aromatic N) is 1. The lowest BCUT2D eigenvalue weighted by Crippen LogP contribution is -2.28. The fourth-order valence-electron chi connectivity index (χ4n) is 5.00. The van der Waals surface area contributed by atoms with Crippen molar-refractivity contribution in [2.45, 2.75) is 89.4 Å². The summed E-state index contributed by atoms with van der Waals surface area (Å²) in [6, 6.07) is 0. The summed E-state index contributed by atoms with van der Waals surface area (Å²) in [6.45, 7) is 11.2. The third-order valence-corrected chi connectivity index (χ3v) is 7.64. The van der Waals surface area contributed by atoms with Crippen molar-refractivity contribution in [3.8, 4) is 11.8 Å². The van der Waals surface area contributed by atoms with E-state index in [2.05, 4.69) is 17.7 Å². The second-order valence-corrected chi connectivity index (χ2v) is 11.6. The monoisotopic (exact) mass is 569 g/mol. The third kappa shape index (κ3) is 8.71. The van der Waals surface area contributed by atoms with Crippen molar-refractivity contribution in [1.29, 1.82) is 0 Å². The number of phosphoric acid groups is 1. The quantitative estimate of drug-likeness (QED) is 0.0470. The molecule has 39 heavy (non-hydrogen) atoms. The van der Waals surface area contributed by atoms with Gasteiger partial charge in [0.25, 0.3) is 0 Å². The molecule has 0 aliphatic carbocycles. The van der Waals surface area contributed by atoms with Crippen molar-refractivity contribution in [2.24, 2.45) is 0 Å². The summed E-state index contributed by atoms with van der Waals surface area (Å²) in [5.41, 5.74) is 1.09. The predicted octanol–water partition coefficient (Wildman–Crippen LogP) is 5.87. The van der Waals surface area contributed by atoms with Crippen LogP contribution >= 0.6 is 7.82 Å². The Morgan fingerprint density at radius 3 is 2.21 bits per heavy atom. The van der Waals surface area contributed by atoms with Crippen LogP contribution in [-0.2, 0) is 35.4 Å². The Kier molecular flexibility index (Phi) is 11.7. The lowest BCUT2D eigenvalue weighted by atomic mass is 9.90. The molecular formula is C28H44NO9P. The first-order valence-corrected chi connectivity index (χ1v) is 15.4. The van der Waals surface area contributed by atoms with Gasteiger partial charge in [-0.1, -0.05) is 64.2 Å². The van der Waals surface area contributed by atoms with Gasteiger partial charge in [-0.2, -0.15) is 0 Å². The summed E-state index contributed by atoms with van der Waals surface area (Å²) < 4.78 is 34.2. The third-order valence-electron chi connectivity index (χ3n) is 7.12. The lowest BCUT2D eigenvalue weighted by Gasteiger charge is -2.24. The molecule has 10 nitrogen and oxygen atoms in total. The molecule has 3 heterocycles. The number of fused-ring (bicyclic) bond motifs is 5. The first-order valence-electron chi connectivity index (χ1n) is 13.8. The fraction of sp³-hybridized carbons (Fsp3) is 0.643. The van der Waals surface area contributed by atoms with Gasteiger partial charge in [0.15, 0.2) is 0 Å². The zero-order chi connectivity index (χ0) is 28.5. The summed E-state index contributed by atoms with van der Waals surface area (Å²) >= 11 is 0. The van der Waals surface area contributed by atoms with E-state index in [1.54, 1.807) is 0 Å². The molecule has 220 valence electrons. The second-order valence-electron chi connectivity index (χ2n) is 10.3. The molecule has 2 atom stereocenters. The Morgan fingerprint density at radius 1 is 0.974 bits per heavy atom. The number of ether oxygens (including phenoxy) is 3. The zero-order valence-corrected chi connectivity index (χ0v) is 23.9. The van der Waals surface area contributed by atoms with E-state index in [4.69, 9.17) is 24.0 Å². The van der Waals surface area contributed by atoms with Crippen LogP contribution in [0.15, 0.2) is 36.6 Å². The van der Waals surface area contributed by atoms with E-state index in [-0.39, 0.29) is 25.0 Å². The topological polar surface area (TPSA) is 140 Å². The number of hydrogen-bond donors (Lipinski definition) is 4. The Bertz CT molecular complexity index is 1060. The molecule has 4 N–H and O–H groups in total. The van der Waals surface area contributed by atoms with E-state index in [0.717, 1.165) is 56.9 Å². The highest BCUT2D eigenvalue weighted by atomic mass is 31.2. The van der Waals surface area contributed by atoms with Crippen molar-refractivity contribution in [3.63, 3.8) is 0 Å². The molecule has 11 heteroatoms. The number of unbranched alkanes of at least 4 members (excludes halogenated alkanes) is 8. The molecule has 1 aromatic heterocycles. The van der Waals surface area contributed by atoms with Gasteiger partial charge >= 0.3 is 7.82 Å². The lowest BCUT2D eigenvalue weighted by molar-refractivity contribution is -0.0648. The van der Waals surface area contributed by atoms with E-state index in [1.165, 1.54) is 4.57 Å². The maximum absolute atomic E-state index is 11.0. The van der Waals surface area contributed by atoms with Crippen LogP contribution in [0, 0.1) is 0 Å². The van der Waals surface area contributed by atoms with Gasteiger partial charge in [-0.3, -0.25) is 9.09 Å². The van der Waals surface area contributed by atoms with Gasteiger partial charge in [0.05, 0.1) is 30.9 Å². The maximum atomic E-state index is 11.0. The van der Waals surface area contributed by atoms with Gasteiger partial charge in [-0.15, -0.1) is 0 Å². The minimum Gasteiger partial charge on any atom is -0.494 e. The highest BCUT2D eigenvalue weighted by molar-refractivity contribution is 7.46. The largest absolute Gasteiger partial charge is 0.494 e. The molecule has 0 fully saturated rings. The highest BCUT2D eigenvalue weighted by Gasteiger charge is 2.53. The molecule has 2 aliphatic heterocycles. The number of aromatic hydroxyl groups is 2. The van der Waals surface area contributed by atoms with Gasteiger partial charge in [0.2, 0.25) is 11.8 Å². The average Bonchev–Trinajstić information content (AvgIpc) is 3.51. The van der Waals surface area contributed by atoms with E-state index in [0.29, 0.717) is 49.5 Å². The molecule has 2 aliphatic rings. The summed E-state index contributed by atoms with van der Waals surface area (Å²) in [7, 11) is -4.34. The van der Waals surface area contributed by atoms with Crippen LogP contribution in [0.1, 0.15) is 88.4 Å². The fourth-order valence-corrected chi connectivity index (χ4v) is 5.37. The standard InChI is InChI=1S/C28H44NO9P/c1-21(2)22(3)36-18-13-16-29-26(30)24-23-14-15-28(38-23,25(24)27(29)31)20-35-17-11-9-7-5-4-6-8-10-12-19-37-39(32,33)34/h14-15,23,30-31H,1,3-13,16-20H2,2H3,(H2,32,33,34). The number of phosphoric ester groups is 1. The van der Waals surface area contributed by atoms with E-state index < -0.39 is 19.5 Å². The van der Waals surface area contributed by atoms with Gasteiger partial charge in [0.1, 0.15) is 17.5 Å². The van der Waals surface area contributed by atoms with Crippen LogP contribution in [0.2, 0.25) is 0 Å². The van der Waals surface area contributed by atoms with Gasteiger partial charge in [-0.05, 0) is 37.8 Å². The van der Waals surface area contributed by atoms with E-state index >= 15 is 0 Å². The summed E-state index contributed by atoms with van der Waals surface area (Å²) in [5, 5.41) is 21.8. The second kappa shape index (κ2) is 14.5. The minimum absolute atomic E-state index is 0.00555. The average molecular weight is 570 g/mol. The molecule has 0 radical (unpaired) electrons. The smallest absolute Gasteiger partial charge is 0.469 e. The van der Waals surface area contributed by atoms with Gasteiger partial charge < -0.3 is 34.2 Å². The molecule has 0 saturated heterocycles. The van der Waals surface area contributed by atoms with Crippen molar-refractivity contribution >= 4 is 7.82 Å². The molecule has 2 bridgehead atoms. The first kappa shape index (κ1) is 31.5. The van der Waals surface area contributed by atoms with Gasteiger partial charge in [-0.25, -0.2) is 4.57 Å². The number of hydrogen-bond acceptors (Lipinski definition) is 7. The molecule has 0 saturated carbocycles. The van der Waals surface area contributed by atoms with Crippen LogP contribution in [0.25, 0.3) is 0 Å². The summed E-state index contributed by atoms with van der Waals surface area (Å²) in [4.78, 5) is 17.3. The van der Waals surface area contributed by atoms with Crippen LogP contribution in [0.3, 0.4) is 0 Å². The first-order chi connectivity index (χ1) is 18.6. The molecule has 2 unspecified atom stereocenters. The highest BCUT2D eigenvalue weighted by Crippen LogP contribution is 2.58. The molecule has 0 amide bonds. The van der Waals surface area contributed by atoms with E-state index in [1.807, 2.05) is 19.1 Å². The molecule has 1 aromatic rings. The molecule has 0 spiro atoms. The van der Waals surface area contributed by atoms with E-state index in [9.17, 15) is 14.8 Å². The maximum Gasteiger partial charge on any atom is 0.469 e.